The highest BCUT2D eigenvalue weighted by Crippen LogP contribution is 2.26. The summed E-state index contributed by atoms with van der Waals surface area (Å²) in [6.45, 7) is 0. The standard InChI is InChI=1S/C15H10N8/c16-6-10-7-18-8-12-13(10)22(11-4-2-1-3-5-11)15(21-12)23-14(17)19-9-20-23/h1-5,7-9H,(H2,17,19,20). The number of nitrogens with zero attached hydrogens (tertiary/aromatic N) is 7. The molecule has 0 aliphatic rings. The molecule has 0 amide bonds. The SMILES string of the molecule is N#Cc1cncc2nc(-n3ncnc3N)n(-c3ccccc3)c12. The minimum atomic E-state index is 0.212. The Balaban J connectivity index is 2.16. The highest BCUT2D eigenvalue weighted by Gasteiger charge is 2.19. The molecule has 0 saturated heterocycles. The normalized spacial score (nSPS) is 10.7. The lowest BCUT2D eigenvalue weighted by Gasteiger charge is -2.09. The van der Waals surface area contributed by atoms with Crippen LogP contribution in [0.25, 0.3) is 22.7 Å². The molecular weight excluding hydrogens is 292 g/mol. The largest absolute Gasteiger partial charge is 0.368 e. The minimum Gasteiger partial charge on any atom is -0.368 e. The van der Waals surface area contributed by atoms with Crippen LogP contribution in [0.1, 0.15) is 5.56 Å². The molecule has 110 valence electrons. The Morgan fingerprint density at radius 2 is 1.96 bits per heavy atom. The van der Waals surface area contributed by atoms with Crippen molar-refractivity contribution in [2.45, 2.75) is 0 Å². The van der Waals surface area contributed by atoms with Crippen LogP contribution in [0.2, 0.25) is 0 Å². The molecule has 4 aromatic rings. The van der Waals surface area contributed by atoms with Gasteiger partial charge in [-0.15, -0.1) is 0 Å². The molecule has 3 heterocycles. The van der Waals surface area contributed by atoms with E-state index < -0.39 is 0 Å². The summed E-state index contributed by atoms with van der Waals surface area (Å²) in [6, 6.07) is 11.7. The van der Waals surface area contributed by atoms with E-state index in [4.69, 9.17) is 5.73 Å². The number of benzene rings is 1. The molecule has 0 aliphatic heterocycles. The van der Waals surface area contributed by atoms with Crippen molar-refractivity contribution >= 4 is 17.0 Å². The second kappa shape index (κ2) is 4.92. The molecule has 0 fully saturated rings. The van der Waals surface area contributed by atoms with Gasteiger partial charge in [0, 0.05) is 11.9 Å². The first-order valence-electron chi connectivity index (χ1n) is 6.77. The van der Waals surface area contributed by atoms with E-state index in [1.165, 1.54) is 17.2 Å². The summed E-state index contributed by atoms with van der Waals surface area (Å²) >= 11 is 0. The first kappa shape index (κ1) is 13.0. The van der Waals surface area contributed by atoms with E-state index in [1.54, 1.807) is 6.20 Å². The van der Waals surface area contributed by atoms with E-state index in [0.29, 0.717) is 22.5 Å². The fraction of sp³-hybridized carbons (Fsp3) is 0. The van der Waals surface area contributed by atoms with Gasteiger partial charge in [0.1, 0.15) is 17.9 Å². The first-order chi connectivity index (χ1) is 11.3. The average Bonchev–Trinajstić information content (AvgIpc) is 3.18. The molecule has 4 rings (SSSR count). The van der Waals surface area contributed by atoms with Crippen LogP contribution in [0.3, 0.4) is 0 Å². The van der Waals surface area contributed by atoms with Crippen LogP contribution in [0, 0.1) is 11.3 Å². The van der Waals surface area contributed by atoms with Gasteiger partial charge in [-0.1, -0.05) is 18.2 Å². The van der Waals surface area contributed by atoms with Crippen LogP contribution < -0.4 is 5.73 Å². The zero-order valence-electron chi connectivity index (χ0n) is 11.8. The Hall–Kier alpha value is -3.73. The number of para-hydroxylation sites is 1. The average molecular weight is 302 g/mol. The van der Waals surface area contributed by atoms with Gasteiger partial charge in [0.05, 0.1) is 17.3 Å². The molecule has 1 aromatic carbocycles. The third kappa shape index (κ3) is 1.91. The van der Waals surface area contributed by atoms with E-state index in [1.807, 2.05) is 34.9 Å². The summed E-state index contributed by atoms with van der Waals surface area (Å²) in [5.41, 5.74) is 8.36. The quantitative estimate of drug-likeness (QED) is 0.600. The van der Waals surface area contributed by atoms with Crippen LogP contribution in [-0.4, -0.2) is 29.3 Å². The molecule has 0 aliphatic carbocycles. The number of anilines is 1. The van der Waals surface area contributed by atoms with Crippen molar-refractivity contribution in [1.82, 2.24) is 29.3 Å². The number of nitriles is 1. The van der Waals surface area contributed by atoms with E-state index in [2.05, 4.69) is 26.1 Å². The van der Waals surface area contributed by atoms with Crippen molar-refractivity contribution < 1.29 is 0 Å². The van der Waals surface area contributed by atoms with Crippen LogP contribution >= 0.6 is 0 Å². The predicted octanol–water partition coefficient (Wildman–Crippen LogP) is 1.46. The van der Waals surface area contributed by atoms with Gasteiger partial charge in [0.25, 0.3) is 0 Å². The molecule has 3 aromatic heterocycles. The number of rotatable bonds is 2. The van der Waals surface area contributed by atoms with Crippen LogP contribution in [0.5, 0.6) is 0 Å². The molecule has 0 bridgehead atoms. The Morgan fingerprint density at radius 1 is 1.13 bits per heavy atom. The molecule has 0 radical (unpaired) electrons. The molecule has 0 unspecified atom stereocenters. The lowest BCUT2D eigenvalue weighted by molar-refractivity contribution is 0.804. The number of imidazole rings is 1. The molecule has 8 heteroatoms. The fourth-order valence-corrected chi connectivity index (χ4v) is 2.47. The van der Waals surface area contributed by atoms with Crippen LogP contribution in [0.15, 0.2) is 49.1 Å². The summed E-state index contributed by atoms with van der Waals surface area (Å²) in [4.78, 5) is 12.5. The highest BCUT2D eigenvalue weighted by molar-refractivity contribution is 5.84. The second-order valence-electron chi connectivity index (χ2n) is 4.78. The van der Waals surface area contributed by atoms with E-state index in [-0.39, 0.29) is 5.95 Å². The summed E-state index contributed by atoms with van der Waals surface area (Å²) in [5, 5.41) is 13.5. The van der Waals surface area contributed by atoms with Gasteiger partial charge in [0.2, 0.25) is 11.9 Å². The topological polar surface area (TPSA) is 111 Å². The van der Waals surface area contributed by atoms with Gasteiger partial charge >= 0.3 is 0 Å². The Bertz CT molecular complexity index is 1040. The van der Waals surface area contributed by atoms with Crippen LogP contribution in [-0.2, 0) is 0 Å². The Labute approximate surface area is 130 Å². The maximum atomic E-state index is 9.41. The van der Waals surface area contributed by atoms with Gasteiger partial charge in [0.15, 0.2) is 0 Å². The molecule has 23 heavy (non-hydrogen) atoms. The van der Waals surface area contributed by atoms with Crippen molar-refractivity contribution in [3.05, 3.63) is 54.6 Å². The summed E-state index contributed by atoms with van der Waals surface area (Å²) < 4.78 is 3.24. The van der Waals surface area contributed by atoms with Gasteiger partial charge in [-0.2, -0.15) is 20.0 Å². The van der Waals surface area contributed by atoms with Crippen molar-refractivity contribution in [1.29, 1.82) is 5.26 Å². The summed E-state index contributed by atoms with van der Waals surface area (Å²) in [6.07, 6.45) is 4.47. The lowest BCUT2D eigenvalue weighted by Crippen LogP contribution is -2.10. The van der Waals surface area contributed by atoms with Gasteiger partial charge < -0.3 is 5.73 Å². The molecule has 0 saturated carbocycles. The molecule has 0 spiro atoms. The number of pyridine rings is 1. The van der Waals surface area contributed by atoms with Gasteiger partial charge in [-0.05, 0) is 12.1 Å². The predicted molar refractivity (Wildman–Crippen MR) is 82.9 cm³/mol. The number of nitrogens with two attached hydrogens (primary N) is 1. The zero-order valence-corrected chi connectivity index (χ0v) is 11.8. The maximum absolute atomic E-state index is 9.41. The van der Waals surface area contributed by atoms with Crippen molar-refractivity contribution in [3.63, 3.8) is 0 Å². The number of aromatic nitrogens is 6. The smallest absolute Gasteiger partial charge is 0.239 e. The van der Waals surface area contributed by atoms with Crippen molar-refractivity contribution in [2.75, 3.05) is 5.73 Å². The molecule has 0 atom stereocenters. The van der Waals surface area contributed by atoms with Crippen molar-refractivity contribution in [2.24, 2.45) is 0 Å². The highest BCUT2D eigenvalue weighted by atomic mass is 15.4. The lowest BCUT2D eigenvalue weighted by atomic mass is 10.2. The third-order valence-electron chi connectivity index (χ3n) is 3.44. The zero-order chi connectivity index (χ0) is 15.8. The van der Waals surface area contributed by atoms with E-state index in [0.717, 1.165) is 5.69 Å². The van der Waals surface area contributed by atoms with E-state index >= 15 is 0 Å². The molecular formula is C15H10N8. The second-order valence-corrected chi connectivity index (χ2v) is 4.78. The maximum Gasteiger partial charge on any atom is 0.239 e. The number of hydrogen-bond donors (Lipinski definition) is 1. The minimum absolute atomic E-state index is 0.212. The third-order valence-corrected chi connectivity index (χ3v) is 3.44. The van der Waals surface area contributed by atoms with Crippen molar-refractivity contribution in [3.8, 4) is 17.7 Å². The number of nitrogen functional groups attached to an aromatic ring is 1. The first-order valence-corrected chi connectivity index (χ1v) is 6.77. The van der Waals surface area contributed by atoms with E-state index in [9.17, 15) is 5.26 Å². The Kier molecular flexibility index (Phi) is 2.78. The molecule has 2 N–H and O–H groups in total. The van der Waals surface area contributed by atoms with Gasteiger partial charge in [-0.3, -0.25) is 9.55 Å². The Morgan fingerprint density at radius 3 is 2.65 bits per heavy atom. The summed E-state index contributed by atoms with van der Waals surface area (Å²) in [5.74, 6) is 0.662. The number of hydrogen-bond acceptors (Lipinski definition) is 6. The number of fused-ring (bicyclic) bond motifs is 1. The summed E-state index contributed by atoms with van der Waals surface area (Å²) in [7, 11) is 0. The van der Waals surface area contributed by atoms with Crippen LogP contribution in [0.4, 0.5) is 5.95 Å². The fourth-order valence-electron chi connectivity index (χ4n) is 2.47. The van der Waals surface area contributed by atoms with Gasteiger partial charge in [-0.25, -0.2) is 4.98 Å². The molecule has 8 nitrogen and oxygen atoms in total. The monoisotopic (exact) mass is 302 g/mol.